The molecule has 1 aliphatic carbocycles. The van der Waals surface area contributed by atoms with Crippen LogP contribution in [0.3, 0.4) is 0 Å². The first-order valence-electron chi connectivity index (χ1n) is 7.21. The number of carbonyl (C=O) groups excluding carboxylic acids is 2. The molecule has 4 rings (SSSR count). The van der Waals surface area contributed by atoms with E-state index in [1.165, 1.54) is 12.1 Å². The molecule has 0 heterocycles. The van der Waals surface area contributed by atoms with Crippen molar-refractivity contribution >= 4 is 28.3 Å². The number of phenols is 1. The fraction of sp³-hybridized carbons (Fsp3) is 0. The van der Waals surface area contributed by atoms with E-state index >= 15 is 0 Å². The highest BCUT2D eigenvalue weighted by Crippen LogP contribution is 2.38. The minimum atomic E-state index is -1.34. The monoisotopic (exact) mass is 318 g/mol. The number of hydrogen-bond acceptors (Lipinski definition) is 4. The lowest BCUT2D eigenvalue weighted by atomic mass is 9.93. The molecule has 0 aromatic heterocycles. The Bertz CT molecular complexity index is 1080. The Morgan fingerprint density at radius 3 is 2.12 bits per heavy atom. The molecule has 0 radical (unpaired) electrons. The summed E-state index contributed by atoms with van der Waals surface area (Å²) < 4.78 is 0. The zero-order valence-electron chi connectivity index (χ0n) is 12.2. The number of carboxylic acid groups (broad SMARTS) is 1. The fourth-order valence-electron chi connectivity index (χ4n) is 3.18. The third-order valence-electron chi connectivity index (χ3n) is 4.26. The van der Waals surface area contributed by atoms with Crippen LogP contribution in [0.25, 0.3) is 10.8 Å². The largest absolute Gasteiger partial charge is 0.506 e. The normalized spacial score (nSPS) is 12.8. The Kier molecular flexibility index (Phi) is 2.81. The van der Waals surface area contributed by atoms with E-state index in [-0.39, 0.29) is 39.0 Å². The lowest BCUT2D eigenvalue weighted by Gasteiger charge is -2.11. The van der Waals surface area contributed by atoms with Crippen LogP contribution >= 0.6 is 0 Å². The minimum absolute atomic E-state index is 0.140. The summed E-state index contributed by atoms with van der Waals surface area (Å²) in [6, 6.07) is 12.4. The quantitative estimate of drug-likeness (QED) is 0.563. The van der Waals surface area contributed by atoms with Crippen molar-refractivity contribution in [2.24, 2.45) is 0 Å². The van der Waals surface area contributed by atoms with Crippen LogP contribution in [-0.2, 0) is 0 Å². The standard InChI is InChI=1S/C19H10O5/c20-16-10-5-1-2-6-11(10)17(21)15-14-9(4-3-7-12(14)16)8-13(18(15)22)19(23)24/h1-8,22H,(H,23,24). The van der Waals surface area contributed by atoms with Gasteiger partial charge in [-0.3, -0.25) is 9.59 Å². The maximum atomic E-state index is 13.0. The van der Waals surface area contributed by atoms with Crippen molar-refractivity contribution in [2.45, 2.75) is 0 Å². The van der Waals surface area contributed by atoms with Crippen LogP contribution in [0.4, 0.5) is 0 Å². The molecule has 0 bridgehead atoms. The van der Waals surface area contributed by atoms with Gasteiger partial charge in [0.15, 0.2) is 11.6 Å². The molecule has 3 aromatic rings. The molecule has 0 saturated carbocycles. The number of rotatable bonds is 1. The topological polar surface area (TPSA) is 91.7 Å². The Labute approximate surface area is 135 Å². The first-order valence-corrected chi connectivity index (χ1v) is 7.21. The van der Waals surface area contributed by atoms with E-state index in [9.17, 15) is 24.6 Å². The van der Waals surface area contributed by atoms with E-state index in [2.05, 4.69) is 0 Å². The number of fused-ring (bicyclic) bond motifs is 1. The van der Waals surface area contributed by atoms with E-state index in [1.807, 2.05) is 0 Å². The first kappa shape index (κ1) is 14.1. The predicted octanol–water partition coefficient (Wildman–Crippen LogP) is 3.02. The SMILES string of the molecule is O=C(O)c1cc2cccc3c2c(c1O)C(=O)c1ccccc1C3=O. The molecule has 0 amide bonds. The Morgan fingerprint density at radius 1 is 0.833 bits per heavy atom. The molecule has 0 unspecified atom stereocenters. The van der Waals surface area contributed by atoms with Crippen LogP contribution in [0.2, 0.25) is 0 Å². The van der Waals surface area contributed by atoms with E-state index in [4.69, 9.17) is 0 Å². The zero-order chi connectivity index (χ0) is 17.0. The zero-order valence-corrected chi connectivity index (χ0v) is 12.2. The third kappa shape index (κ3) is 1.72. The van der Waals surface area contributed by atoms with Crippen LogP contribution in [0.5, 0.6) is 5.75 Å². The molecule has 0 saturated heterocycles. The molecular weight excluding hydrogens is 308 g/mol. The average molecular weight is 318 g/mol. The number of hydrogen-bond donors (Lipinski definition) is 2. The van der Waals surface area contributed by atoms with Crippen molar-refractivity contribution in [1.29, 1.82) is 0 Å². The van der Waals surface area contributed by atoms with Gasteiger partial charge in [-0.25, -0.2) is 4.79 Å². The second-order valence-electron chi connectivity index (χ2n) is 5.56. The molecule has 116 valence electrons. The number of carboxylic acids is 1. The molecule has 0 aliphatic heterocycles. The van der Waals surface area contributed by atoms with Crippen molar-refractivity contribution in [3.63, 3.8) is 0 Å². The third-order valence-corrected chi connectivity index (χ3v) is 4.26. The van der Waals surface area contributed by atoms with Gasteiger partial charge in [-0.05, 0) is 11.5 Å². The number of aromatic hydroxyl groups is 1. The Hall–Kier alpha value is -3.47. The average Bonchev–Trinajstić information content (AvgIpc) is 2.67. The second-order valence-corrected chi connectivity index (χ2v) is 5.56. The Balaban J connectivity index is 2.26. The molecule has 5 nitrogen and oxygen atoms in total. The summed E-state index contributed by atoms with van der Waals surface area (Å²) in [5, 5.41) is 20.4. The van der Waals surface area contributed by atoms with Crippen LogP contribution < -0.4 is 0 Å². The number of aromatic carboxylic acids is 1. The molecule has 0 fully saturated rings. The molecule has 2 N–H and O–H groups in total. The van der Waals surface area contributed by atoms with Crippen LogP contribution in [-0.4, -0.2) is 27.7 Å². The van der Waals surface area contributed by atoms with E-state index in [0.717, 1.165) is 0 Å². The van der Waals surface area contributed by atoms with Gasteiger partial charge in [-0.2, -0.15) is 0 Å². The van der Waals surface area contributed by atoms with Gasteiger partial charge in [0, 0.05) is 22.1 Å². The molecule has 3 aromatic carbocycles. The lowest BCUT2D eigenvalue weighted by Crippen LogP contribution is -2.07. The number of ketones is 2. The molecule has 24 heavy (non-hydrogen) atoms. The van der Waals surface area contributed by atoms with Gasteiger partial charge in [0.2, 0.25) is 0 Å². The van der Waals surface area contributed by atoms with Crippen LogP contribution in [0.1, 0.15) is 42.2 Å². The second kappa shape index (κ2) is 4.76. The lowest BCUT2D eigenvalue weighted by molar-refractivity contribution is 0.0693. The summed E-state index contributed by atoms with van der Waals surface area (Å²) in [5.41, 5.74) is 0.155. The van der Waals surface area contributed by atoms with Gasteiger partial charge in [-0.1, -0.05) is 42.5 Å². The molecule has 5 heteroatoms. The van der Waals surface area contributed by atoms with Crippen LogP contribution in [0, 0.1) is 0 Å². The maximum Gasteiger partial charge on any atom is 0.339 e. The van der Waals surface area contributed by atoms with Crippen molar-refractivity contribution in [3.8, 4) is 5.75 Å². The highest BCUT2D eigenvalue weighted by molar-refractivity contribution is 6.32. The molecule has 0 spiro atoms. The summed E-state index contributed by atoms with van der Waals surface area (Å²) in [6.07, 6.45) is 0. The molecular formula is C19H10O5. The van der Waals surface area contributed by atoms with Gasteiger partial charge >= 0.3 is 5.97 Å². The van der Waals surface area contributed by atoms with E-state index in [0.29, 0.717) is 5.39 Å². The number of benzene rings is 3. The summed E-state index contributed by atoms with van der Waals surface area (Å²) in [7, 11) is 0. The number of carbonyl (C=O) groups is 3. The van der Waals surface area contributed by atoms with Gasteiger partial charge in [0.05, 0.1) is 5.56 Å². The summed E-state index contributed by atoms with van der Waals surface area (Å²) in [6.45, 7) is 0. The van der Waals surface area contributed by atoms with E-state index < -0.39 is 17.5 Å². The smallest absolute Gasteiger partial charge is 0.339 e. The van der Waals surface area contributed by atoms with Crippen molar-refractivity contribution in [3.05, 3.63) is 76.3 Å². The fourth-order valence-corrected chi connectivity index (χ4v) is 3.18. The molecule has 0 atom stereocenters. The van der Waals surface area contributed by atoms with Crippen LogP contribution in [0.15, 0.2) is 48.5 Å². The van der Waals surface area contributed by atoms with Gasteiger partial charge in [0.25, 0.3) is 0 Å². The van der Waals surface area contributed by atoms with Gasteiger partial charge < -0.3 is 10.2 Å². The highest BCUT2D eigenvalue weighted by atomic mass is 16.4. The van der Waals surface area contributed by atoms with Gasteiger partial charge in [0.1, 0.15) is 11.3 Å². The predicted molar refractivity (Wildman–Crippen MR) is 85.9 cm³/mol. The summed E-state index contributed by atoms with van der Waals surface area (Å²) >= 11 is 0. The van der Waals surface area contributed by atoms with E-state index in [1.54, 1.807) is 36.4 Å². The summed E-state index contributed by atoms with van der Waals surface area (Å²) in [4.78, 5) is 37.2. The minimum Gasteiger partial charge on any atom is -0.506 e. The maximum absolute atomic E-state index is 13.0. The Morgan fingerprint density at radius 2 is 1.46 bits per heavy atom. The summed E-state index contributed by atoms with van der Waals surface area (Å²) in [5.74, 6) is -2.84. The molecule has 1 aliphatic rings. The van der Waals surface area contributed by atoms with Crippen molar-refractivity contribution < 1.29 is 24.6 Å². The van der Waals surface area contributed by atoms with Crippen molar-refractivity contribution in [1.82, 2.24) is 0 Å². The van der Waals surface area contributed by atoms with Crippen molar-refractivity contribution in [2.75, 3.05) is 0 Å². The van der Waals surface area contributed by atoms with Gasteiger partial charge in [-0.15, -0.1) is 0 Å². The highest BCUT2D eigenvalue weighted by Gasteiger charge is 2.31. The first-order chi connectivity index (χ1) is 11.5.